The lowest BCUT2D eigenvalue weighted by Gasteiger charge is -2.17. The van der Waals surface area contributed by atoms with Gasteiger partial charge in [-0.05, 0) is 55.3 Å². The van der Waals surface area contributed by atoms with Gasteiger partial charge in [-0.25, -0.2) is 0 Å². The molecule has 2 aromatic rings. The van der Waals surface area contributed by atoms with Crippen LogP contribution in [-0.2, 0) is 0 Å². The Morgan fingerprint density at radius 3 is 2.42 bits per heavy atom. The quantitative estimate of drug-likeness (QED) is 0.684. The predicted octanol–water partition coefficient (Wildman–Crippen LogP) is 6.24. The number of nitrogens with one attached hydrogen (secondary N) is 1. The van der Waals surface area contributed by atoms with E-state index in [-0.39, 0.29) is 6.04 Å². The lowest BCUT2D eigenvalue weighted by atomic mass is 10.1. The molecule has 1 atom stereocenters. The molecule has 0 aliphatic heterocycles. The number of halogens is 3. The van der Waals surface area contributed by atoms with Crippen LogP contribution >= 0.6 is 39.1 Å². The molecule has 0 spiro atoms. The van der Waals surface area contributed by atoms with Crippen molar-refractivity contribution < 1.29 is 0 Å². The number of rotatable bonds is 3. The molecule has 1 nitrogen and oxygen atoms in total. The molecule has 1 N–H and O–H groups in total. The van der Waals surface area contributed by atoms with Gasteiger partial charge in [0.25, 0.3) is 0 Å². The lowest BCUT2D eigenvalue weighted by Crippen LogP contribution is -2.06. The SMILES string of the molecule is Cc1cc(Br)cc(NC(C)c2ccc(Cl)c(Cl)c2)c1. The van der Waals surface area contributed by atoms with Gasteiger partial charge in [0.2, 0.25) is 0 Å². The van der Waals surface area contributed by atoms with E-state index >= 15 is 0 Å². The first-order valence-corrected chi connectivity index (χ1v) is 7.49. The van der Waals surface area contributed by atoms with E-state index in [9.17, 15) is 0 Å². The van der Waals surface area contributed by atoms with Crippen molar-refractivity contribution in [2.24, 2.45) is 0 Å². The summed E-state index contributed by atoms with van der Waals surface area (Å²) in [5.41, 5.74) is 3.38. The van der Waals surface area contributed by atoms with E-state index in [1.165, 1.54) is 5.56 Å². The Kier molecular flexibility index (Phi) is 4.77. The van der Waals surface area contributed by atoms with Crippen molar-refractivity contribution in [3.05, 3.63) is 62.0 Å². The molecule has 0 radical (unpaired) electrons. The van der Waals surface area contributed by atoms with Crippen molar-refractivity contribution in [3.8, 4) is 0 Å². The normalized spacial score (nSPS) is 12.3. The molecule has 4 heteroatoms. The molecule has 1 unspecified atom stereocenters. The van der Waals surface area contributed by atoms with Crippen LogP contribution in [0.4, 0.5) is 5.69 Å². The fourth-order valence-corrected chi connectivity index (χ4v) is 2.85. The molecule has 0 heterocycles. The summed E-state index contributed by atoms with van der Waals surface area (Å²) >= 11 is 15.5. The van der Waals surface area contributed by atoms with Crippen LogP contribution in [0.5, 0.6) is 0 Å². The molecule has 2 aromatic carbocycles. The Bertz CT molecular complexity index is 578. The second-order valence-corrected chi connectivity index (χ2v) is 6.29. The minimum absolute atomic E-state index is 0.156. The molecule has 0 amide bonds. The summed E-state index contributed by atoms with van der Waals surface area (Å²) in [6, 6.07) is 12.1. The Morgan fingerprint density at radius 2 is 1.79 bits per heavy atom. The van der Waals surface area contributed by atoms with Crippen molar-refractivity contribution in [2.45, 2.75) is 19.9 Å². The fourth-order valence-electron chi connectivity index (χ4n) is 1.93. The second-order valence-electron chi connectivity index (χ2n) is 4.56. The molecule has 0 bridgehead atoms. The van der Waals surface area contributed by atoms with Crippen LogP contribution < -0.4 is 5.32 Å². The largest absolute Gasteiger partial charge is 0.378 e. The maximum atomic E-state index is 6.04. The van der Waals surface area contributed by atoms with Gasteiger partial charge in [-0.1, -0.05) is 45.2 Å². The van der Waals surface area contributed by atoms with Crippen molar-refractivity contribution in [3.63, 3.8) is 0 Å². The first kappa shape index (κ1) is 14.7. The lowest BCUT2D eigenvalue weighted by molar-refractivity contribution is 0.884. The van der Waals surface area contributed by atoms with Crippen molar-refractivity contribution in [2.75, 3.05) is 5.32 Å². The van der Waals surface area contributed by atoms with E-state index < -0.39 is 0 Å². The van der Waals surface area contributed by atoms with Crippen LogP contribution in [-0.4, -0.2) is 0 Å². The number of benzene rings is 2. The van der Waals surface area contributed by atoms with Crippen LogP contribution in [0.2, 0.25) is 10.0 Å². The third-order valence-corrected chi connectivity index (χ3v) is 4.07. The fraction of sp³-hybridized carbons (Fsp3) is 0.200. The van der Waals surface area contributed by atoms with Gasteiger partial charge in [0.05, 0.1) is 10.0 Å². The van der Waals surface area contributed by atoms with E-state index in [1.807, 2.05) is 18.2 Å². The highest BCUT2D eigenvalue weighted by molar-refractivity contribution is 9.10. The summed E-state index contributed by atoms with van der Waals surface area (Å²) in [7, 11) is 0. The van der Waals surface area contributed by atoms with Gasteiger partial charge in [-0.2, -0.15) is 0 Å². The molecule has 0 saturated heterocycles. The second kappa shape index (κ2) is 6.17. The Morgan fingerprint density at radius 1 is 1.05 bits per heavy atom. The highest BCUT2D eigenvalue weighted by Gasteiger charge is 2.08. The van der Waals surface area contributed by atoms with Gasteiger partial charge < -0.3 is 5.32 Å². The monoisotopic (exact) mass is 357 g/mol. The minimum atomic E-state index is 0.156. The number of anilines is 1. The van der Waals surface area contributed by atoms with Crippen LogP contribution in [0.15, 0.2) is 40.9 Å². The molecule has 0 saturated carbocycles. The van der Waals surface area contributed by atoms with Gasteiger partial charge in [0.15, 0.2) is 0 Å². The van der Waals surface area contributed by atoms with Gasteiger partial charge >= 0.3 is 0 Å². The topological polar surface area (TPSA) is 12.0 Å². The van der Waals surface area contributed by atoms with E-state index in [4.69, 9.17) is 23.2 Å². The van der Waals surface area contributed by atoms with Crippen LogP contribution in [0.3, 0.4) is 0 Å². The van der Waals surface area contributed by atoms with E-state index in [2.05, 4.69) is 53.3 Å². The first-order valence-electron chi connectivity index (χ1n) is 5.94. The summed E-state index contributed by atoms with van der Waals surface area (Å²) in [5.74, 6) is 0. The van der Waals surface area contributed by atoms with Gasteiger partial charge in [-0.15, -0.1) is 0 Å². The van der Waals surface area contributed by atoms with Crippen LogP contribution in [0.25, 0.3) is 0 Å². The summed E-state index contributed by atoms with van der Waals surface area (Å²) in [6.45, 7) is 4.16. The highest BCUT2D eigenvalue weighted by Crippen LogP contribution is 2.28. The average Bonchev–Trinajstić information content (AvgIpc) is 2.31. The van der Waals surface area contributed by atoms with E-state index in [0.29, 0.717) is 10.0 Å². The summed E-state index contributed by atoms with van der Waals surface area (Å²) in [5, 5.41) is 4.62. The standard InChI is InChI=1S/C15H14BrCl2N/c1-9-5-12(16)8-13(6-9)19-10(2)11-3-4-14(17)15(18)7-11/h3-8,10,19H,1-2H3. The zero-order valence-electron chi connectivity index (χ0n) is 10.7. The van der Waals surface area contributed by atoms with Gasteiger partial charge in [-0.3, -0.25) is 0 Å². The summed E-state index contributed by atoms with van der Waals surface area (Å²) in [4.78, 5) is 0. The number of hydrogen-bond donors (Lipinski definition) is 1. The maximum absolute atomic E-state index is 6.04. The van der Waals surface area contributed by atoms with E-state index in [1.54, 1.807) is 0 Å². The third kappa shape index (κ3) is 3.88. The number of hydrogen-bond acceptors (Lipinski definition) is 1. The van der Waals surface area contributed by atoms with Crippen LogP contribution in [0, 0.1) is 6.92 Å². The van der Waals surface area contributed by atoms with Crippen molar-refractivity contribution >= 4 is 44.8 Å². The Balaban J connectivity index is 2.20. The molecule has 0 aliphatic rings. The Hall–Kier alpha value is -0.700. The van der Waals surface area contributed by atoms with Gasteiger partial charge in [0.1, 0.15) is 0 Å². The van der Waals surface area contributed by atoms with Crippen molar-refractivity contribution in [1.29, 1.82) is 0 Å². The smallest absolute Gasteiger partial charge is 0.0595 e. The average molecular weight is 359 g/mol. The Labute approximate surface area is 132 Å². The molecule has 2 rings (SSSR count). The molecule has 0 aliphatic carbocycles. The zero-order chi connectivity index (χ0) is 14.0. The van der Waals surface area contributed by atoms with Crippen molar-refractivity contribution in [1.82, 2.24) is 0 Å². The summed E-state index contributed by atoms with van der Waals surface area (Å²) in [6.07, 6.45) is 0. The van der Waals surface area contributed by atoms with Gasteiger partial charge in [0, 0.05) is 16.2 Å². The molecular weight excluding hydrogens is 345 g/mol. The maximum Gasteiger partial charge on any atom is 0.0595 e. The van der Waals surface area contributed by atoms with E-state index in [0.717, 1.165) is 15.7 Å². The first-order chi connectivity index (χ1) is 8.95. The third-order valence-electron chi connectivity index (χ3n) is 2.87. The molecule has 100 valence electrons. The predicted molar refractivity (Wildman–Crippen MR) is 87.4 cm³/mol. The minimum Gasteiger partial charge on any atom is -0.378 e. The highest BCUT2D eigenvalue weighted by atomic mass is 79.9. The van der Waals surface area contributed by atoms with Crippen LogP contribution in [0.1, 0.15) is 24.1 Å². The summed E-state index contributed by atoms with van der Waals surface area (Å²) < 4.78 is 1.07. The molecular formula is C15H14BrCl2N. The molecule has 0 aromatic heterocycles. The number of aryl methyl sites for hydroxylation is 1. The molecule has 0 fully saturated rings. The molecule has 19 heavy (non-hydrogen) atoms. The zero-order valence-corrected chi connectivity index (χ0v) is 13.8.